The van der Waals surface area contributed by atoms with Gasteiger partial charge in [-0.2, -0.15) is 0 Å². The number of halogens is 1. The summed E-state index contributed by atoms with van der Waals surface area (Å²) in [6, 6.07) is 23.5. The van der Waals surface area contributed by atoms with Gasteiger partial charge in [-0.3, -0.25) is 10.1 Å². The number of para-hydroxylation sites is 2. The first-order valence-corrected chi connectivity index (χ1v) is 11.3. The van der Waals surface area contributed by atoms with Crippen LogP contribution in [0.1, 0.15) is 10.4 Å². The molecule has 160 valence electrons. The minimum absolute atomic E-state index is 0.232. The molecule has 0 bridgehead atoms. The van der Waals surface area contributed by atoms with Crippen molar-refractivity contribution in [2.24, 2.45) is 0 Å². The Morgan fingerprint density at radius 3 is 2.56 bits per heavy atom. The van der Waals surface area contributed by atoms with Crippen molar-refractivity contribution in [1.82, 2.24) is 4.98 Å². The molecule has 8 heteroatoms. The fraction of sp³-hybridized carbons (Fsp3) is 0.0417. The number of rotatable bonds is 7. The number of ether oxygens (including phenoxy) is 2. The summed E-state index contributed by atoms with van der Waals surface area (Å²) in [5.74, 6) is -0.186. The predicted molar refractivity (Wildman–Crippen MR) is 127 cm³/mol. The van der Waals surface area contributed by atoms with E-state index in [1.54, 1.807) is 36.4 Å². The first kappa shape index (κ1) is 21.7. The second-order valence-electron chi connectivity index (χ2n) is 6.58. The molecule has 4 rings (SSSR count). The molecule has 32 heavy (non-hydrogen) atoms. The molecule has 0 aliphatic carbocycles. The Morgan fingerprint density at radius 2 is 1.75 bits per heavy atom. The Kier molecular flexibility index (Phi) is 6.94. The lowest BCUT2D eigenvalue weighted by molar-refractivity contribution is -0.119. The maximum atomic E-state index is 12.5. The van der Waals surface area contributed by atoms with Crippen molar-refractivity contribution >= 4 is 44.3 Å². The monoisotopic (exact) mass is 508 g/mol. The number of carbonyl (C=O) groups is 2. The van der Waals surface area contributed by atoms with Gasteiger partial charge in [0.25, 0.3) is 5.91 Å². The summed E-state index contributed by atoms with van der Waals surface area (Å²) < 4.78 is 11.9. The van der Waals surface area contributed by atoms with Crippen LogP contribution in [0.2, 0.25) is 0 Å². The molecule has 4 aromatic rings. The average molecular weight is 509 g/mol. The molecule has 0 fully saturated rings. The van der Waals surface area contributed by atoms with Crippen molar-refractivity contribution in [3.8, 4) is 22.8 Å². The standard InChI is InChI=1S/C24H17BrN2O4S/c25-17-8-6-7-16(13-17)20-15-32-24(26-20)27-22(28)14-30-23(29)19-11-4-5-12-21(19)31-18-9-2-1-3-10-18/h1-13,15H,14H2,(H,26,27,28). The minimum Gasteiger partial charge on any atom is -0.456 e. The smallest absolute Gasteiger partial charge is 0.342 e. The molecule has 0 saturated carbocycles. The first-order chi connectivity index (χ1) is 15.6. The van der Waals surface area contributed by atoms with Crippen LogP contribution in [0.25, 0.3) is 11.3 Å². The van der Waals surface area contributed by atoms with E-state index in [-0.39, 0.29) is 5.56 Å². The lowest BCUT2D eigenvalue weighted by Crippen LogP contribution is -2.21. The molecule has 1 heterocycles. The molecule has 0 spiro atoms. The predicted octanol–water partition coefficient (Wildman–Crippen LogP) is 6.16. The molecule has 1 aromatic heterocycles. The lowest BCUT2D eigenvalue weighted by atomic mass is 10.2. The van der Waals surface area contributed by atoms with Gasteiger partial charge in [0.15, 0.2) is 11.7 Å². The number of nitrogens with one attached hydrogen (secondary N) is 1. The molecule has 0 aliphatic rings. The van der Waals surface area contributed by atoms with E-state index in [4.69, 9.17) is 9.47 Å². The highest BCUT2D eigenvalue weighted by atomic mass is 79.9. The van der Waals surface area contributed by atoms with Crippen molar-refractivity contribution in [3.63, 3.8) is 0 Å². The van der Waals surface area contributed by atoms with E-state index < -0.39 is 18.5 Å². The first-order valence-electron chi connectivity index (χ1n) is 9.59. The maximum Gasteiger partial charge on any atom is 0.342 e. The van der Waals surface area contributed by atoms with Gasteiger partial charge in [-0.1, -0.05) is 58.4 Å². The zero-order valence-electron chi connectivity index (χ0n) is 16.7. The normalized spacial score (nSPS) is 10.4. The van der Waals surface area contributed by atoms with E-state index in [1.165, 1.54) is 11.3 Å². The number of hydrogen-bond donors (Lipinski definition) is 1. The number of thiazole rings is 1. The maximum absolute atomic E-state index is 12.5. The Morgan fingerprint density at radius 1 is 0.969 bits per heavy atom. The number of anilines is 1. The van der Waals surface area contributed by atoms with Crippen LogP contribution in [-0.2, 0) is 9.53 Å². The Labute approximate surface area is 197 Å². The number of esters is 1. The second kappa shape index (κ2) is 10.2. The fourth-order valence-electron chi connectivity index (χ4n) is 2.82. The molecule has 1 amide bonds. The van der Waals surface area contributed by atoms with Crippen LogP contribution in [0.4, 0.5) is 5.13 Å². The van der Waals surface area contributed by atoms with Crippen LogP contribution in [0.15, 0.2) is 88.7 Å². The molecular formula is C24H17BrN2O4S. The summed E-state index contributed by atoms with van der Waals surface area (Å²) in [4.78, 5) is 29.2. The molecule has 0 saturated heterocycles. The molecule has 6 nitrogen and oxygen atoms in total. The Balaban J connectivity index is 1.35. The lowest BCUT2D eigenvalue weighted by Gasteiger charge is -2.10. The molecule has 0 radical (unpaired) electrons. The summed E-state index contributed by atoms with van der Waals surface area (Å²) in [5, 5.41) is 4.93. The van der Waals surface area contributed by atoms with Gasteiger partial charge in [-0.25, -0.2) is 9.78 Å². The van der Waals surface area contributed by atoms with Crippen molar-refractivity contribution in [2.75, 3.05) is 11.9 Å². The van der Waals surface area contributed by atoms with Crippen LogP contribution in [0, 0.1) is 0 Å². The summed E-state index contributed by atoms with van der Waals surface area (Å²) >= 11 is 4.73. The number of aromatic nitrogens is 1. The number of hydrogen-bond acceptors (Lipinski definition) is 6. The quantitative estimate of drug-likeness (QED) is 0.302. The minimum atomic E-state index is -0.652. The van der Waals surface area contributed by atoms with Crippen LogP contribution < -0.4 is 10.1 Å². The highest BCUT2D eigenvalue weighted by Crippen LogP contribution is 2.27. The van der Waals surface area contributed by atoms with E-state index in [9.17, 15) is 9.59 Å². The third kappa shape index (κ3) is 5.60. The highest BCUT2D eigenvalue weighted by Gasteiger charge is 2.16. The fourth-order valence-corrected chi connectivity index (χ4v) is 3.95. The number of nitrogens with zero attached hydrogens (tertiary/aromatic N) is 1. The summed E-state index contributed by atoms with van der Waals surface area (Å²) in [7, 11) is 0. The molecule has 0 atom stereocenters. The van der Waals surface area contributed by atoms with Gasteiger partial charge in [-0.05, 0) is 36.4 Å². The number of benzene rings is 3. The largest absolute Gasteiger partial charge is 0.456 e. The second-order valence-corrected chi connectivity index (χ2v) is 8.36. The van der Waals surface area contributed by atoms with Gasteiger partial charge < -0.3 is 9.47 Å². The summed E-state index contributed by atoms with van der Waals surface area (Å²) in [5.41, 5.74) is 1.91. The number of carbonyl (C=O) groups excluding carboxylic acids is 2. The molecular weight excluding hydrogens is 492 g/mol. The van der Waals surface area contributed by atoms with E-state index in [2.05, 4.69) is 26.2 Å². The van der Waals surface area contributed by atoms with Gasteiger partial charge in [0.2, 0.25) is 0 Å². The van der Waals surface area contributed by atoms with Gasteiger partial charge in [-0.15, -0.1) is 11.3 Å². The van der Waals surface area contributed by atoms with Gasteiger partial charge in [0, 0.05) is 15.4 Å². The molecule has 0 unspecified atom stereocenters. The highest BCUT2D eigenvalue weighted by molar-refractivity contribution is 9.10. The molecule has 1 N–H and O–H groups in total. The van der Waals surface area contributed by atoms with E-state index >= 15 is 0 Å². The zero-order valence-corrected chi connectivity index (χ0v) is 19.1. The number of amides is 1. The third-order valence-electron chi connectivity index (χ3n) is 4.28. The summed E-state index contributed by atoms with van der Waals surface area (Å²) in [6.07, 6.45) is 0. The van der Waals surface area contributed by atoms with E-state index in [0.29, 0.717) is 16.6 Å². The van der Waals surface area contributed by atoms with Crippen LogP contribution in [0.3, 0.4) is 0 Å². The van der Waals surface area contributed by atoms with Gasteiger partial charge >= 0.3 is 5.97 Å². The topological polar surface area (TPSA) is 77.5 Å². The van der Waals surface area contributed by atoms with Crippen LogP contribution in [-0.4, -0.2) is 23.5 Å². The van der Waals surface area contributed by atoms with Gasteiger partial charge in [0.05, 0.1) is 5.69 Å². The molecule has 3 aromatic carbocycles. The van der Waals surface area contributed by atoms with Gasteiger partial charge in [0.1, 0.15) is 17.1 Å². The SMILES string of the molecule is O=C(COC(=O)c1ccccc1Oc1ccccc1)Nc1nc(-c2cccc(Br)c2)cs1. The zero-order chi connectivity index (χ0) is 22.3. The van der Waals surface area contributed by atoms with Crippen LogP contribution >= 0.6 is 27.3 Å². The van der Waals surface area contributed by atoms with Crippen molar-refractivity contribution in [3.05, 3.63) is 94.3 Å². The van der Waals surface area contributed by atoms with Crippen LogP contribution in [0.5, 0.6) is 11.5 Å². The van der Waals surface area contributed by atoms with E-state index in [0.717, 1.165) is 15.7 Å². The summed E-state index contributed by atoms with van der Waals surface area (Å²) in [6.45, 7) is -0.440. The molecule has 0 aliphatic heterocycles. The van der Waals surface area contributed by atoms with Crippen molar-refractivity contribution in [2.45, 2.75) is 0 Å². The van der Waals surface area contributed by atoms with Crippen molar-refractivity contribution < 1.29 is 19.1 Å². The Bertz CT molecular complexity index is 1240. The Hall–Kier alpha value is -3.49. The third-order valence-corrected chi connectivity index (χ3v) is 5.53. The van der Waals surface area contributed by atoms with Crippen molar-refractivity contribution in [1.29, 1.82) is 0 Å². The average Bonchev–Trinajstić information content (AvgIpc) is 3.27. The van der Waals surface area contributed by atoms with E-state index in [1.807, 2.05) is 47.8 Å².